The van der Waals surface area contributed by atoms with E-state index in [2.05, 4.69) is 4.98 Å². The number of hydrogen-bond donors (Lipinski definition) is 1. The third kappa shape index (κ3) is 3.56. The Morgan fingerprint density at radius 1 is 1.17 bits per heavy atom. The number of aryl methyl sites for hydroxylation is 2. The average Bonchev–Trinajstić information content (AvgIpc) is 3.02. The molecule has 1 aliphatic carbocycles. The van der Waals surface area contributed by atoms with E-state index in [1.54, 1.807) is 31.5 Å². The number of likely N-dealkylation sites (tertiary alicyclic amines) is 1. The first kappa shape index (κ1) is 19.3. The molecule has 2 heterocycles. The summed E-state index contributed by atoms with van der Waals surface area (Å²) in [6.45, 7) is 0.526. The van der Waals surface area contributed by atoms with Gasteiger partial charge in [0.25, 0.3) is 11.7 Å². The summed E-state index contributed by atoms with van der Waals surface area (Å²) in [5.74, 6) is -1.48. The van der Waals surface area contributed by atoms with Gasteiger partial charge in [-0.05, 0) is 55.0 Å². The minimum atomic E-state index is -0.734. The number of fused-ring (bicyclic) bond motifs is 1. The number of aliphatic hydroxyl groups is 1. The number of nitrogens with zero attached hydrogens (tertiary/aromatic N) is 2. The van der Waals surface area contributed by atoms with Gasteiger partial charge in [-0.3, -0.25) is 14.6 Å². The van der Waals surface area contributed by atoms with Crippen LogP contribution in [0.3, 0.4) is 0 Å². The zero-order valence-corrected chi connectivity index (χ0v) is 16.4. The molecular formula is C23H24N2O4. The lowest BCUT2D eigenvalue weighted by atomic mass is 9.89. The number of aromatic nitrogens is 1. The number of Topliss-reactive ketones (excluding diaryl/α,β-unsaturated/α-hetero) is 1. The van der Waals surface area contributed by atoms with Crippen molar-refractivity contribution in [1.82, 2.24) is 9.88 Å². The van der Waals surface area contributed by atoms with Crippen LogP contribution >= 0.6 is 0 Å². The van der Waals surface area contributed by atoms with Gasteiger partial charge >= 0.3 is 0 Å². The van der Waals surface area contributed by atoms with Crippen LogP contribution in [0.1, 0.15) is 41.3 Å². The topological polar surface area (TPSA) is 79.7 Å². The maximum Gasteiger partial charge on any atom is 0.295 e. The lowest BCUT2D eigenvalue weighted by Crippen LogP contribution is -2.33. The van der Waals surface area contributed by atoms with Gasteiger partial charge in [-0.15, -0.1) is 0 Å². The Morgan fingerprint density at radius 3 is 2.69 bits per heavy atom. The highest BCUT2D eigenvalue weighted by Crippen LogP contribution is 2.38. The zero-order valence-electron chi connectivity index (χ0n) is 16.4. The summed E-state index contributed by atoms with van der Waals surface area (Å²) in [6, 6.07) is 10.4. The Kier molecular flexibility index (Phi) is 5.45. The molecule has 1 aliphatic heterocycles. The van der Waals surface area contributed by atoms with Gasteiger partial charge < -0.3 is 14.7 Å². The smallest absolute Gasteiger partial charge is 0.295 e. The number of rotatable bonds is 5. The summed E-state index contributed by atoms with van der Waals surface area (Å²) >= 11 is 0. The Balaban J connectivity index is 1.82. The lowest BCUT2D eigenvalue weighted by molar-refractivity contribution is -0.140. The van der Waals surface area contributed by atoms with E-state index < -0.39 is 17.7 Å². The number of ketones is 1. The van der Waals surface area contributed by atoms with Crippen molar-refractivity contribution >= 4 is 17.4 Å². The Morgan fingerprint density at radius 2 is 1.97 bits per heavy atom. The van der Waals surface area contributed by atoms with Crippen LogP contribution in [0.5, 0.6) is 0 Å². The summed E-state index contributed by atoms with van der Waals surface area (Å²) in [6.07, 6.45) is 5.90. The number of hydrogen-bond acceptors (Lipinski definition) is 5. The van der Waals surface area contributed by atoms with Crippen molar-refractivity contribution in [3.63, 3.8) is 0 Å². The van der Waals surface area contributed by atoms with Gasteiger partial charge in [0.05, 0.1) is 17.9 Å². The quantitative estimate of drug-likeness (QED) is 0.481. The van der Waals surface area contributed by atoms with E-state index >= 15 is 0 Å². The van der Waals surface area contributed by atoms with Crippen molar-refractivity contribution in [2.45, 2.75) is 31.7 Å². The largest absolute Gasteiger partial charge is 0.507 e. The number of aliphatic hydroxyl groups excluding tert-OH is 1. The molecule has 1 aromatic heterocycles. The fourth-order valence-electron chi connectivity index (χ4n) is 4.18. The van der Waals surface area contributed by atoms with Crippen LogP contribution in [-0.4, -0.2) is 46.9 Å². The Hall–Kier alpha value is -2.99. The average molecular weight is 392 g/mol. The van der Waals surface area contributed by atoms with E-state index in [0.717, 1.165) is 19.3 Å². The molecule has 0 bridgehead atoms. The first-order valence-corrected chi connectivity index (χ1v) is 9.92. The van der Waals surface area contributed by atoms with Gasteiger partial charge in [-0.2, -0.15) is 0 Å². The zero-order chi connectivity index (χ0) is 20.4. The Labute approximate surface area is 169 Å². The molecule has 0 spiro atoms. The predicted octanol–water partition coefficient (Wildman–Crippen LogP) is 3.03. The number of benzene rings is 1. The molecule has 2 aromatic rings. The van der Waals surface area contributed by atoms with Crippen molar-refractivity contribution in [1.29, 1.82) is 0 Å². The molecule has 1 amide bonds. The fraction of sp³-hybridized carbons (Fsp3) is 0.348. The maximum atomic E-state index is 12.9. The fourth-order valence-corrected chi connectivity index (χ4v) is 4.18. The van der Waals surface area contributed by atoms with Crippen LogP contribution < -0.4 is 0 Å². The molecule has 0 radical (unpaired) electrons. The molecule has 1 saturated heterocycles. The monoisotopic (exact) mass is 392 g/mol. The van der Waals surface area contributed by atoms with Crippen LogP contribution in [-0.2, 0) is 27.2 Å². The minimum absolute atomic E-state index is 0.0839. The number of methoxy groups -OCH3 is 1. The third-order valence-corrected chi connectivity index (χ3v) is 5.67. The molecule has 1 fully saturated rings. The van der Waals surface area contributed by atoms with Crippen LogP contribution in [0.4, 0.5) is 0 Å². The molecule has 1 aromatic carbocycles. The molecule has 1 N–H and O–H groups in total. The van der Waals surface area contributed by atoms with Crippen LogP contribution in [0.15, 0.2) is 48.2 Å². The molecule has 1 atom stereocenters. The lowest BCUT2D eigenvalue weighted by Gasteiger charge is -2.24. The summed E-state index contributed by atoms with van der Waals surface area (Å²) in [4.78, 5) is 31.4. The third-order valence-electron chi connectivity index (χ3n) is 5.67. The predicted molar refractivity (Wildman–Crippen MR) is 108 cm³/mol. The molecule has 150 valence electrons. The van der Waals surface area contributed by atoms with Crippen molar-refractivity contribution in [3.05, 3.63) is 70.6 Å². The van der Waals surface area contributed by atoms with E-state index in [9.17, 15) is 14.7 Å². The van der Waals surface area contributed by atoms with Crippen molar-refractivity contribution in [2.75, 3.05) is 20.3 Å². The van der Waals surface area contributed by atoms with Crippen LogP contribution in [0.2, 0.25) is 0 Å². The first-order chi connectivity index (χ1) is 14.1. The highest BCUT2D eigenvalue weighted by atomic mass is 16.5. The van der Waals surface area contributed by atoms with E-state index in [0.29, 0.717) is 11.3 Å². The van der Waals surface area contributed by atoms with Crippen LogP contribution in [0.25, 0.3) is 5.76 Å². The standard InChI is InChI=1S/C23H24N2O4/c1-29-13-12-25-20(18-8-4-5-11-24-18)19(22(27)23(25)28)21(26)17-10-9-15-6-2-3-7-16(15)14-17/h4-5,8-11,14,20,26H,2-3,6-7,12-13H2,1H3/b21-19-. The number of carbonyl (C=O) groups is 2. The summed E-state index contributed by atoms with van der Waals surface area (Å²) in [5.41, 5.74) is 3.68. The number of amides is 1. The molecule has 0 saturated carbocycles. The van der Waals surface area contributed by atoms with Gasteiger partial charge in [0, 0.05) is 25.4 Å². The van der Waals surface area contributed by atoms with E-state index in [-0.39, 0.29) is 24.5 Å². The number of pyridine rings is 1. The van der Waals surface area contributed by atoms with Gasteiger partial charge in [0.15, 0.2) is 0 Å². The van der Waals surface area contributed by atoms with Gasteiger partial charge in [0.2, 0.25) is 0 Å². The minimum Gasteiger partial charge on any atom is -0.507 e. The molecular weight excluding hydrogens is 368 g/mol. The second kappa shape index (κ2) is 8.17. The van der Waals surface area contributed by atoms with Gasteiger partial charge in [-0.1, -0.05) is 18.2 Å². The highest BCUT2D eigenvalue weighted by molar-refractivity contribution is 6.46. The number of ether oxygens (including phenoxy) is 1. The highest BCUT2D eigenvalue weighted by Gasteiger charge is 2.46. The number of carbonyl (C=O) groups excluding carboxylic acids is 2. The summed E-state index contributed by atoms with van der Waals surface area (Å²) in [7, 11) is 1.54. The van der Waals surface area contributed by atoms with Gasteiger partial charge in [0.1, 0.15) is 11.8 Å². The van der Waals surface area contributed by atoms with Gasteiger partial charge in [-0.25, -0.2) is 0 Å². The molecule has 6 heteroatoms. The van der Waals surface area contributed by atoms with E-state index in [4.69, 9.17) is 4.74 Å². The second-order valence-corrected chi connectivity index (χ2v) is 7.43. The SMILES string of the molecule is COCCN1C(=O)C(=O)/C(=C(\O)c2ccc3c(c2)CCCC3)C1c1ccccn1. The second-order valence-electron chi connectivity index (χ2n) is 7.43. The maximum absolute atomic E-state index is 12.9. The normalized spacial score (nSPS) is 20.7. The summed E-state index contributed by atoms with van der Waals surface area (Å²) < 4.78 is 5.11. The Bertz CT molecular complexity index is 968. The molecule has 2 aliphatic rings. The molecule has 29 heavy (non-hydrogen) atoms. The van der Waals surface area contributed by atoms with E-state index in [1.807, 2.05) is 18.2 Å². The van der Waals surface area contributed by atoms with Crippen LogP contribution in [0, 0.1) is 0 Å². The molecule has 6 nitrogen and oxygen atoms in total. The summed E-state index contributed by atoms with van der Waals surface area (Å²) in [5, 5.41) is 11.1. The van der Waals surface area contributed by atoms with E-state index in [1.165, 1.54) is 22.4 Å². The molecule has 4 rings (SSSR count). The molecule has 1 unspecified atom stereocenters. The van der Waals surface area contributed by atoms with Crippen molar-refractivity contribution in [2.24, 2.45) is 0 Å². The van der Waals surface area contributed by atoms with Crippen molar-refractivity contribution in [3.8, 4) is 0 Å². The van der Waals surface area contributed by atoms with Crippen molar-refractivity contribution < 1.29 is 19.4 Å². The first-order valence-electron chi connectivity index (χ1n) is 9.92.